The third kappa shape index (κ3) is 5.20. The smallest absolute Gasteiger partial charge is 0.271 e. The number of nitrogens with zero attached hydrogens (tertiary/aromatic N) is 2. The molecule has 0 unspecified atom stereocenters. The van der Waals surface area contributed by atoms with Crippen LogP contribution < -0.4 is 4.74 Å². The van der Waals surface area contributed by atoms with Crippen molar-refractivity contribution in [3.05, 3.63) is 69.2 Å². The molecule has 0 aromatic heterocycles. The number of rotatable bonds is 6. The van der Waals surface area contributed by atoms with Gasteiger partial charge in [-0.25, -0.2) is 0 Å². The van der Waals surface area contributed by atoms with E-state index in [4.69, 9.17) is 16.3 Å². The van der Waals surface area contributed by atoms with Gasteiger partial charge in [-0.15, -0.1) is 0 Å². The summed E-state index contributed by atoms with van der Waals surface area (Å²) in [7, 11) is 0. The van der Waals surface area contributed by atoms with E-state index in [1.165, 1.54) is 23.8 Å². The highest BCUT2D eigenvalue weighted by molar-refractivity contribution is 6.32. The van der Waals surface area contributed by atoms with E-state index in [-0.39, 0.29) is 29.0 Å². The number of halogens is 1. The lowest BCUT2D eigenvalue weighted by Crippen LogP contribution is -2.41. The van der Waals surface area contributed by atoms with Crippen LogP contribution >= 0.6 is 11.6 Å². The number of amides is 1. The summed E-state index contributed by atoms with van der Waals surface area (Å²) < 4.78 is 5.46. The Kier molecular flexibility index (Phi) is 6.29. The van der Waals surface area contributed by atoms with Crippen LogP contribution in [-0.2, 0) is 11.2 Å². The molecule has 0 spiro atoms. The first-order chi connectivity index (χ1) is 13.0. The maximum absolute atomic E-state index is 12.4. The molecule has 3 rings (SSSR count). The molecule has 2 aromatic rings. The fraction of sp³-hybridized carbons (Fsp3) is 0.350. The molecule has 7 heteroatoms. The Morgan fingerprint density at radius 1 is 1.19 bits per heavy atom. The molecule has 0 atom stereocenters. The minimum atomic E-state index is -0.527. The second kappa shape index (κ2) is 8.86. The highest BCUT2D eigenvalue weighted by atomic mass is 35.5. The van der Waals surface area contributed by atoms with E-state index in [1.54, 1.807) is 4.90 Å². The van der Waals surface area contributed by atoms with E-state index in [0.29, 0.717) is 19.0 Å². The molecular weight excluding hydrogens is 368 g/mol. The zero-order chi connectivity index (χ0) is 19.2. The van der Waals surface area contributed by atoms with Crippen LogP contribution in [0.1, 0.15) is 18.4 Å². The Labute approximate surface area is 162 Å². The number of nitro groups is 1. The number of likely N-dealkylation sites (tertiary alicyclic amines) is 1. The van der Waals surface area contributed by atoms with Gasteiger partial charge in [0.2, 0.25) is 0 Å². The van der Waals surface area contributed by atoms with E-state index in [9.17, 15) is 14.9 Å². The number of benzene rings is 2. The number of piperidine rings is 1. The van der Waals surface area contributed by atoms with Gasteiger partial charge in [-0.2, -0.15) is 0 Å². The second-order valence-corrected chi connectivity index (χ2v) is 7.08. The number of ether oxygens (including phenoxy) is 1. The summed E-state index contributed by atoms with van der Waals surface area (Å²) in [4.78, 5) is 24.4. The first-order valence-electron chi connectivity index (χ1n) is 8.91. The van der Waals surface area contributed by atoms with Crippen LogP contribution in [0, 0.1) is 16.0 Å². The lowest BCUT2D eigenvalue weighted by atomic mass is 9.90. The summed E-state index contributed by atoms with van der Waals surface area (Å²) in [5.74, 6) is 0.763. The molecule has 0 radical (unpaired) electrons. The average molecular weight is 389 g/mol. The number of hydrogen-bond donors (Lipinski definition) is 0. The van der Waals surface area contributed by atoms with Crippen LogP contribution in [0.15, 0.2) is 48.5 Å². The highest BCUT2D eigenvalue weighted by Gasteiger charge is 2.23. The average Bonchev–Trinajstić information content (AvgIpc) is 2.68. The number of hydrogen-bond acceptors (Lipinski definition) is 4. The summed E-state index contributed by atoms with van der Waals surface area (Å²) in [5.41, 5.74) is 1.22. The molecule has 0 N–H and O–H groups in total. The summed E-state index contributed by atoms with van der Waals surface area (Å²) >= 11 is 5.98. The summed E-state index contributed by atoms with van der Waals surface area (Å²) in [6.07, 6.45) is 2.98. The Bertz CT molecular complexity index is 805. The summed E-state index contributed by atoms with van der Waals surface area (Å²) in [5, 5.41) is 10.8. The largest absolute Gasteiger partial charge is 0.482 e. The predicted molar refractivity (Wildman–Crippen MR) is 103 cm³/mol. The molecule has 27 heavy (non-hydrogen) atoms. The molecule has 1 aliphatic rings. The van der Waals surface area contributed by atoms with Crippen LogP contribution in [0.25, 0.3) is 0 Å². The van der Waals surface area contributed by atoms with Crippen molar-refractivity contribution in [1.82, 2.24) is 4.90 Å². The van der Waals surface area contributed by atoms with E-state index in [1.807, 2.05) is 6.07 Å². The second-order valence-electron chi connectivity index (χ2n) is 6.67. The molecule has 1 aliphatic heterocycles. The lowest BCUT2D eigenvalue weighted by molar-refractivity contribution is -0.384. The monoisotopic (exact) mass is 388 g/mol. The third-order valence-corrected chi connectivity index (χ3v) is 5.11. The van der Waals surface area contributed by atoms with Gasteiger partial charge in [0.15, 0.2) is 6.61 Å². The predicted octanol–water partition coefficient (Wildman–Crippen LogP) is 4.11. The van der Waals surface area contributed by atoms with Crippen molar-refractivity contribution in [1.29, 1.82) is 0 Å². The fourth-order valence-electron chi connectivity index (χ4n) is 3.29. The van der Waals surface area contributed by atoms with Crippen molar-refractivity contribution < 1.29 is 14.5 Å². The fourth-order valence-corrected chi connectivity index (χ4v) is 3.51. The van der Waals surface area contributed by atoms with Crippen molar-refractivity contribution >= 4 is 23.2 Å². The summed E-state index contributed by atoms with van der Waals surface area (Å²) in [6, 6.07) is 14.3. The zero-order valence-electron chi connectivity index (χ0n) is 14.8. The van der Waals surface area contributed by atoms with Gasteiger partial charge >= 0.3 is 0 Å². The molecule has 0 bridgehead atoms. The Morgan fingerprint density at radius 3 is 2.52 bits per heavy atom. The maximum Gasteiger partial charge on any atom is 0.271 e. The Hall–Kier alpha value is -2.60. The number of carbonyl (C=O) groups excluding carboxylic acids is 1. The van der Waals surface area contributed by atoms with Gasteiger partial charge in [0.05, 0.1) is 9.95 Å². The highest BCUT2D eigenvalue weighted by Crippen LogP contribution is 2.29. The first-order valence-corrected chi connectivity index (χ1v) is 9.29. The molecular formula is C20H21ClN2O4. The molecule has 1 heterocycles. The van der Waals surface area contributed by atoms with Gasteiger partial charge in [-0.1, -0.05) is 41.9 Å². The van der Waals surface area contributed by atoms with Crippen LogP contribution in [0.3, 0.4) is 0 Å². The lowest BCUT2D eigenvalue weighted by Gasteiger charge is -2.32. The molecule has 2 aromatic carbocycles. The standard InChI is InChI=1S/C20H21ClN2O4/c21-18-13-17(23(25)26)6-7-19(18)27-14-20(24)22-10-8-16(9-11-22)12-15-4-2-1-3-5-15/h1-7,13,16H,8-12,14H2. The van der Waals surface area contributed by atoms with E-state index in [0.717, 1.165) is 19.3 Å². The van der Waals surface area contributed by atoms with Crippen molar-refractivity contribution in [2.24, 2.45) is 5.92 Å². The molecule has 0 saturated carbocycles. The van der Waals surface area contributed by atoms with E-state index >= 15 is 0 Å². The van der Waals surface area contributed by atoms with Gasteiger partial charge in [-0.05, 0) is 36.8 Å². The third-order valence-electron chi connectivity index (χ3n) is 4.81. The van der Waals surface area contributed by atoms with Crippen LogP contribution in [0.4, 0.5) is 5.69 Å². The van der Waals surface area contributed by atoms with Crippen molar-refractivity contribution in [3.63, 3.8) is 0 Å². The normalized spacial score (nSPS) is 14.8. The molecule has 6 nitrogen and oxygen atoms in total. The molecule has 1 amide bonds. The molecule has 142 valence electrons. The van der Waals surface area contributed by atoms with Crippen LogP contribution in [0.5, 0.6) is 5.75 Å². The van der Waals surface area contributed by atoms with E-state index in [2.05, 4.69) is 24.3 Å². The Morgan fingerprint density at radius 2 is 1.89 bits per heavy atom. The van der Waals surface area contributed by atoms with Crippen molar-refractivity contribution in [2.45, 2.75) is 19.3 Å². The van der Waals surface area contributed by atoms with Gasteiger partial charge in [0.25, 0.3) is 11.6 Å². The van der Waals surface area contributed by atoms with Crippen molar-refractivity contribution in [3.8, 4) is 5.75 Å². The summed E-state index contributed by atoms with van der Waals surface area (Å²) in [6.45, 7) is 1.31. The van der Waals surface area contributed by atoms with Crippen LogP contribution in [-0.4, -0.2) is 35.4 Å². The van der Waals surface area contributed by atoms with Gasteiger partial charge < -0.3 is 9.64 Å². The zero-order valence-corrected chi connectivity index (χ0v) is 15.6. The van der Waals surface area contributed by atoms with Gasteiger partial charge in [0, 0.05) is 25.2 Å². The number of nitro benzene ring substituents is 1. The minimum Gasteiger partial charge on any atom is -0.482 e. The quantitative estimate of drug-likeness (QED) is 0.551. The molecule has 1 saturated heterocycles. The first kappa shape index (κ1) is 19.2. The van der Waals surface area contributed by atoms with Crippen LogP contribution in [0.2, 0.25) is 5.02 Å². The number of carbonyl (C=O) groups is 1. The molecule has 0 aliphatic carbocycles. The minimum absolute atomic E-state index is 0.0948. The Balaban J connectivity index is 1.46. The maximum atomic E-state index is 12.4. The van der Waals surface area contributed by atoms with E-state index < -0.39 is 4.92 Å². The number of non-ortho nitro benzene ring substituents is 1. The molecule has 1 fully saturated rings. The van der Waals surface area contributed by atoms with Gasteiger partial charge in [0.1, 0.15) is 5.75 Å². The van der Waals surface area contributed by atoms with Gasteiger partial charge in [-0.3, -0.25) is 14.9 Å². The SMILES string of the molecule is O=C(COc1ccc([N+](=O)[O-])cc1Cl)N1CCC(Cc2ccccc2)CC1. The van der Waals surface area contributed by atoms with Crippen molar-refractivity contribution in [2.75, 3.05) is 19.7 Å². The topological polar surface area (TPSA) is 72.7 Å².